The molecule has 0 amide bonds. The van der Waals surface area contributed by atoms with Crippen molar-refractivity contribution in [1.82, 2.24) is 19.9 Å². The lowest BCUT2D eigenvalue weighted by molar-refractivity contribution is 0.660. The molecular weight excluding hydrogens is 548 g/mol. The second-order valence-electron chi connectivity index (χ2n) is 12.1. The van der Waals surface area contributed by atoms with E-state index < -0.39 is 0 Å². The minimum Gasteiger partial charge on any atom is -0.245 e. The van der Waals surface area contributed by atoms with E-state index in [4.69, 9.17) is 0 Å². The van der Waals surface area contributed by atoms with Crippen LogP contribution in [0.4, 0.5) is 0 Å². The topological polar surface area (TPSA) is 51.6 Å². The van der Waals surface area contributed by atoms with E-state index in [1.54, 1.807) is 25.0 Å². The summed E-state index contributed by atoms with van der Waals surface area (Å²) in [6, 6.07) is 43.7. The molecule has 4 nitrogen and oxygen atoms in total. The predicted octanol–water partition coefficient (Wildman–Crippen LogP) is 9.91. The second kappa shape index (κ2) is 10.8. The van der Waals surface area contributed by atoms with E-state index in [-0.39, 0.29) is 5.41 Å². The molecule has 0 N–H and O–H groups in total. The highest BCUT2D eigenvalue weighted by Crippen LogP contribution is 2.49. The molecule has 0 saturated heterocycles. The van der Waals surface area contributed by atoms with Crippen LogP contribution in [0.2, 0.25) is 0 Å². The highest BCUT2D eigenvalue weighted by atomic mass is 14.8. The van der Waals surface area contributed by atoms with Crippen molar-refractivity contribution in [2.45, 2.75) is 19.3 Å². The molecule has 1 aliphatic rings. The Morgan fingerprint density at radius 1 is 0.400 bits per heavy atom. The van der Waals surface area contributed by atoms with Crippen LogP contribution in [-0.4, -0.2) is 19.9 Å². The van der Waals surface area contributed by atoms with Crippen molar-refractivity contribution in [3.63, 3.8) is 0 Å². The summed E-state index contributed by atoms with van der Waals surface area (Å²) in [6.45, 7) is 4.65. The minimum absolute atomic E-state index is 0.0171. The van der Waals surface area contributed by atoms with Gasteiger partial charge in [-0.15, -0.1) is 0 Å². The lowest BCUT2D eigenvalue weighted by Gasteiger charge is -2.21. The van der Waals surface area contributed by atoms with E-state index >= 15 is 0 Å². The molecule has 0 bridgehead atoms. The van der Waals surface area contributed by atoms with Gasteiger partial charge in [0.05, 0.1) is 11.4 Å². The molecule has 8 rings (SSSR count). The quantitative estimate of drug-likeness (QED) is 0.204. The molecule has 45 heavy (non-hydrogen) atoms. The summed E-state index contributed by atoms with van der Waals surface area (Å²) >= 11 is 0. The number of hydrogen-bond donors (Lipinski definition) is 0. The summed E-state index contributed by atoms with van der Waals surface area (Å²) in [5, 5.41) is 0. The molecule has 1 aliphatic carbocycles. The Morgan fingerprint density at radius 3 is 1.53 bits per heavy atom. The average Bonchev–Trinajstić information content (AvgIpc) is 3.34. The second-order valence-corrected chi connectivity index (χ2v) is 12.1. The average molecular weight is 579 g/mol. The number of nitrogens with zero attached hydrogens (tertiary/aromatic N) is 4. The fourth-order valence-corrected chi connectivity index (χ4v) is 6.65. The molecular formula is C41H30N4. The third kappa shape index (κ3) is 4.81. The van der Waals surface area contributed by atoms with Gasteiger partial charge in [-0.3, -0.25) is 0 Å². The minimum atomic E-state index is 0.0171. The van der Waals surface area contributed by atoms with E-state index in [9.17, 15) is 0 Å². The maximum atomic E-state index is 4.51. The van der Waals surface area contributed by atoms with Gasteiger partial charge in [0, 0.05) is 28.9 Å². The number of fused-ring (bicyclic) bond motifs is 3. The first-order valence-electron chi connectivity index (χ1n) is 15.2. The van der Waals surface area contributed by atoms with Crippen LogP contribution in [0, 0.1) is 0 Å². The zero-order valence-electron chi connectivity index (χ0n) is 25.1. The van der Waals surface area contributed by atoms with Crippen molar-refractivity contribution < 1.29 is 0 Å². The first kappa shape index (κ1) is 26.9. The largest absolute Gasteiger partial charge is 0.245 e. The molecule has 0 unspecified atom stereocenters. The molecule has 2 aromatic heterocycles. The molecule has 4 heteroatoms. The van der Waals surface area contributed by atoms with Crippen LogP contribution >= 0.6 is 0 Å². The third-order valence-corrected chi connectivity index (χ3v) is 9.02. The van der Waals surface area contributed by atoms with Crippen molar-refractivity contribution in [2.75, 3.05) is 0 Å². The fourth-order valence-electron chi connectivity index (χ4n) is 6.65. The number of aromatic nitrogens is 4. The van der Waals surface area contributed by atoms with Crippen molar-refractivity contribution in [3.8, 4) is 67.0 Å². The van der Waals surface area contributed by atoms with Gasteiger partial charge in [0.15, 0.2) is 0 Å². The van der Waals surface area contributed by atoms with E-state index in [2.05, 4.69) is 143 Å². The van der Waals surface area contributed by atoms with E-state index in [0.717, 1.165) is 33.6 Å². The summed E-state index contributed by atoms with van der Waals surface area (Å²) in [6.07, 6.45) is 6.70. The number of rotatable bonds is 5. The van der Waals surface area contributed by atoms with E-state index in [1.165, 1.54) is 44.5 Å². The summed E-state index contributed by atoms with van der Waals surface area (Å²) in [5.74, 6) is 0. The van der Waals surface area contributed by atoms with E-state index in [0.29, 0.717) is 0 Å². The Morgan fingerprint density at radius 2 is 0.911 bits per heavy atom. The lowest BCUT2D eigenvalue weighted by Crippen LogP contribution is -2.14. The van der Waals surface area contributed by atoms with Gasteiger partial charge in [-0.1, -0.05) is 92.7 Å². The molecule has 0 fully saturated rings. The normalized spacial score (nSPS) is 12.8. The molecule has 214 valence electrons. The zero-order chi connectivity index (χ0) is 30.4. The summed E-state index contributed by atoms with van der Waals surface area (Å²) in [7, 11) is 0. The molecule has 7 aromatic rings. The van der Waals surface area contributed by atoms with Gasteiger partial charge in [0.1, 0.15) is 12.7 Å². The SMILES string of the molecule is CC1(C)c2ccccc2-c2cc(-c3ccc(-c4cccc(-c5cc(-c6ccncn6)cc(-c6ccncn6)c5)c4)cc3)ccc21. The highest BCUT2D eigenvalue weighted by Gasteiger charge is 2.35. The Bertz CT molecular complexity index is 2110. The van der Waals surface area contributed by atoms with Crippen LogP contribution in [0.1, 0.15) is 25.0 Å². The molecule has 0 aliphatic heterocycles. The van der Waals surface area contributed by atoms with Crippen LogP contribution in [0.3, 0.4) is 0 Å². The number of hydrogen-bond acceptors (Lipinski definition) is 4. The molecule has 2 heterocycles. The van der Waals surface area contributed by atoms with Gasteiger partial charge in [0.2, 0.25) is 0 Å². The van der Waals surface area contributed by atoms with Crippen LogP contribution in [0.25, 0.3) is 67.0 Å². The number of benzene rings is 5. The fraction of sp³-hybridized carbons (Fsp3) is 0.0732. The van der Waals surface area contributed by atoms with Gasteiger partial charge in [0.25, 0.3) is 0 Å². The molecule has 0 saturated carbocycles. The van der Waals surface area contributed by atoms with Crippen molar-refractivity contribution in [1.29, 1.82) is 0 Å². The predicted molar refractivity (Wildman–Crippen MR) is 182 cm³/mol. The zero-order valence-corrected chi connectivity index (χ0v) is 25.1. The van der Waals surface area contributed by atoms with Crippen molar-refractivity contribution in [3.05, 3.63) is 158 Å². The van der Waals surface area contributed by atoms with Gasteiger partial charge in [-0.05, 0) is 98.1 Å². The van der Waals surface area contributed by atoms with Gasteiger partial charge >= 0.3 is 0 Å². The standard InChI is InChI=1S/C41H30N4/c1-41(2)37-9-4-3-8-35(37)36-24-31(14-15-38(36)41)28-12-10-27(11-13-28)29-6-5-7-30(20-29)32-21-33(39-16-18-42-25-44-39)23-34(22-32)40-17-19-43-26-45-40/h3-26H,1-2H3. The Hall–Kier alpha value is -5.74. The van der Waals surface area contributed by atoms with Crippen LogP contribution in [0.5, 0.6) is 0 Å². The monoisotopic (exact) mass is 578 g/mol. The van der Waals surface area contributed by atoms with E-state index in [1.807, 2.05) is 12.1 Å². The van der Waals surface area contributed by atoms with Crippen molar-refractivity contribution in [2.24, 2.45) is 0 Å². The van der Waals surface area contributed by atoms with Crippen LogP contribution in [0.15, 0.2) is 146 Å². The smallest absolute Gasteiger partial charge is 0.116 e. The summed E-state index contributed by atoms with van der Waals surface area (Å²) in [4.78, 5) is 17.2. The third-order valence-electron chi connectivity index (χ3n) is 9.02. The maximum absolute atomic E-state index is 4.51. The Kier molecular flexibility index (Phi) is 6.42. The molecule has 0 radical (unpaired) electrons. The van der Waals surface area contributed by atoms with Gasteiger partial charge in [-0.2, -0.15) is 0 Å². The highest BCUT2D eigenvalue weighted by molar-refractivity contribution is 5.85. The first-order chi connectivity index (χ1) is 22.0. The maximum Gasteiger partial charge on any atom is 0.116 e. The first-order valence-corrected chi connectivity index (χ1v) is 15.2. The lowest BCUT2D eigenvalue weighted by atomic mass is 9.82. The molecule has 0 atom stereocenters. The Labute approximate surface area is 263 Å². The summed E-state index contributed by atoms with van der Waals surface area (Å²) in [5.41, 5.74) is 16.3. The Balaban J connectivity index is 1.14. The van der Waals surface area contributed by atoms with Crippen LogP contribution < -0.4 is 0 Å². The van der Waals surface area contributed by atoms with Crippen molar-refractivity contribution >= 4 is 0 Å². The van der Waals surface area contributed by atoms with Gasteiger partial charge in [-0.25, -0.2) is 19.9 Å². The molecule has 0 spiro atoms. The van der Waals surface area contributed by atoms with Gasteiger partial charge < -0.3 is 0 Å². The van der Waals surface area contributed by atoms with Crippen LogP contribution in [-0.2, 0) is 5.41 Å². The summed E-state index contributed by atoms with van der Waals surface area (Å²) < 4.78 is 0. The molecule has 5 aromatic carbocycles.